The largest absolute Gasteiger partial charge is 0.436 e. The van der Waals surface area contributed by atoms with E-state index >= 15 is 0 Å². The van der Waals surface area contributed by atoms with Gasteiger partial charge in [0.25, 0.3) is 16.6 Å². The summed E-state index contributed by atoms with van der Waals surface area (Å²) in [6.07, 6.45) is 0. The molecule has 0 aliphatic heterocycles. The van der Waals surface area contributed by atoms with Crippen LogP contribution < -0.4 is 20.7 Å². The Morgan fingerprint density at radius 2 is 0.578 bits per heavy atom. The maximum atomic E-state index is 8.38. The van der Waals surface area contributed by atoms with Crippen LogP contribution in [0.5, 0.6) is 0 Å². The average molecular weight is 663 g/mol. The van der Waals surface area contributed by atoms with Crippen LogP contribution in [0.15, 0.2) is 144 Å². The second kappa shape index (κ2) is 16.1. The topological polar surface area (TPSA) is 9.23 Å². The normalized spacial score (nSPS) is 13.1. The highest BCUT2D eigenvalue weighted by molar-refractivity contribution is 7.13. The molecule has 0 spiro atoms. The van der Waals surface area contributed by atoms with Gasteiger partial charge in [0.05, 0.1) is 16.1 Å². The third-order valence-corrected chi connectivity index (χ3v) is 30.2. The quantitative estimate of drug-likeness (QED) is 0.109. The predicted octanol–water partition coefficient (Wildman–Crippen LogP) is 8.81. The summed E-state index contributed by atoms with van der Waals surface area (Å²) in [6.45, 7) is 14.4. The van der Waals surface area contributed by atoms with Crippen molar-refractivity contribution in [1.82, 2.24) is 0 Å². The molecule has 0 aromatic heterocycles. The van der Waals surface area contributed by atoms with Crippen LogP contribution >= 0.6 is 0 Å². The Bertz CT molecular complexity index is 1270. The van der Waals surface area contributed by atoms with Gasteiger partial charge in [-0.2, -0.15) is 0 Å². The maximum absolute atomic E-state index is 8.38. The lowest BCUT2D eigenvalue weighted by Gasteiger charge is -2.41. The van der Waals surface area contributed by atoms with E-state index in [2.05, 4.69) is 186 Å². The zero-order valence-corrected chi connectivity index (χ0v) is 32.5. The van der Waals surface area contributed by atoms with Gasteiger partial charge in [0, 0.05) is 0 Å². The van der Waals surface area contributed by atoms with Crippen LogP contribution in [0, 0.1) is 0 Å². The van der Waals surface area contributed by atoms with Crippen molar-refractivity contribution in [2.45, 2.75) is 77.8 Å². The molecule has 0 N–H and O–H groups in total. The molecule has 5 heteroatoms. The molecule has 236 valence electrons. The Labute approximate surface area is 278 Å². The summed E-state index contributed by atoms with van der Waals surface area (Å²) in [6, 6.07) is 52.4. The Morgan fingerprint density at radius 3 is 0.778 bits per heavy atom. The molecule has 0 saturated carbocycles. The van der Waals surface area contributed by atoms with Gasteiger partial charge < -0.3 is 4.12 Å². The summed E-state index contributed by atoms with van der Waals surface area (Å²) in [5.41, 5.74) is 10.7. The zero-order chi connectivity index (χ0) is 32.2. The van der Waals surface area contributed by atoms with Crippen molar-refractivity contribution in [2.75, 3.05) is 0 Å². The van der Waals surface area contributed by atoms with E-state index in [1.807, 2.05) is 0 Å². The molecule has 0 radical (unpaired) electrons. The Balaban J connectivity index is 2.15. The first-order chi connectivity index (χ1) is 21.9. The second-order valence-electron chi connectivity index (χ2n) is 12.6. The lowest BCUT2D eigenvalue weighted by Crippen LogP contribution is -2.72. The molecule has 0 saturated heterocycles. The van der Waals surface area contributed by atoms with Gasteiger partial charge in [0.15, 0.2) is 0 Å². The van der Waals surface area contributed by atoms with Gasteiger partial charge in [-0.25, -0.2) is 0 Å². The highest BCUT2D eigenvalue weighted by atomic mass is 28.4. The molecule has 0 atom stereocenters. The molecular formula is C40H54OSi4. The van der Waals surface area contributed by atoms with Crippen molar-refractivity contribution in [1.29, 1.82) is 0 Å². The van der Waals surface area contributed by atoms with Crippen molar-refractivity contribution in [3.63, 3.8) is 0 Å². The number of benzene rings is 4. The van der Waals surface area contributed by atoms with E-state index in [-0.39, 0.29) is 0 Å². The van der Waals surface area contributed by atoms with E-state index in [1.165, 1.54) is 57.0 Å². The first kappa shape index (κ1) is 35.0. The van der Waals surface area contributed by atoms with Crippen LogP contribution in [0.2, 0.25) is 36.3 Å². The number of hydrogen-bond acceptors (Lipinski definition) is 1. The number of rotatable bonds is 16. The second-order valence-corrected chi connectivity index (χ2v) is 29.6. The highest BCUT2D eigenvalue weighted by Gasteiger charge is 2.49. The van der Waals surface area contributed by atoms with Gasteiger partial charge in [-0.3, -0.25) is 0 Å². The molecular weight excluding hydrogens is 609 g/mol. The third kappa shape index (κ3) is 7.61. The number of hydrogen-bond donors (Lipinski definition) is 0. The molecule has 0 aliphatic rings. The molecule has 4 rings (SSSR count). The molecule has 0 fully saturated rings. The Morgan fingerprint density at radius 1 is 0.356 bits per heavy atom. The summed E-state index contributed by atoms with van der Waals surface area (Å²) >= 11 is 0. The van der Waals surface area contributed by atoms with E-state index in [1.54, 1.807) is 0 Å². The van der Waals surface area contributed by atoms with Gasteiger partial charge >= 0.3 is 0 Å². The van der Waals surface area contributed by atoms with Crippen LogP contribution in [-0.2, 0) is 4.12 Å². The third-order valence-electron chi connectivity index (χ3n) is 10.7. The SMILES string of the molecule is CC[Si](/C=C/[Si](O[Si](/C=C/[Si](CC)(CC)CC)(c1ccccc1)c1ccccc1)(c1ccccc1)c1ccccc1)(CC)CC. The van der Waals surface area contributed by atoms with Crippen molar-refractivity contribution in [2.24, 2.45) is 0 Å². The summed E-state index contributed by atoms with van der Waals surface area (Å²) in [4.78, 5) is 0. The Hall–Kier alpha value is -2.81. The molecule has 4 aromatic carbocycles. The zero-order valence-electron chi connectivity index (χ0n) is 28.5. The minimum absolute atomic E-state index is 1.25. The van der Waals surface area contributed by atoms with Gasteiger partial charge in [-0.1, -0.05) is 222 Å². The summed E-state index contributed by atoms with van der Waals surface area (Å²) < 4.78 is 8.38. The van der Waals surface area contributed by atoms with Gasteiger partial charge in [-0.15, -0.1) is 0 Å². The Kier molecular flexibility index (Phi) is 12.6. The highest BCUT2D eigenvalue weighted by Crippen LogP contribution is 2.27. The van der Waals surface area contributed by atoms with Crippen LogP contribution in [0.1, 0.15) is 41.5 Å². The fraction of sp³-hybridized carbons (Fsp3) is 0.300. The molecule has 0 heterocycles. The molecule has 45 heavy (non-hydrogen) atoms. The van der Waals surface area contributed by atoms with Crippen molar-refractivity contribution in [3.05, 3.63) is 144 Å². The van der Waals surface area contributed by atoms with Crippen LogP contribution in [0.25, 0.3) is 0 Å². The van der Waals surface area contributed by atoms with Crippen molar-refractivity contribution in [3.8, 4) is 0 Å². The smallest absolute Gasteiger partial charge is 0.270 e. The lowest BCUT2D eigenvalue weighted by atomic mass is 10.4. The molecule has 4 aromatic rings. The summed E-state index contributed by atoms with van der Waals surface area (Å²) in [7, 11) is -9.14. The van der Waals surface area contributed by atoms with Gasteiger partial charge in [0.1, 0.15) is 0 Å². The lowest BCUT2D eigenvalue weighted by molar-refractivity contribution is 0.598. The van der Waals surface area contributed by atoms with Crippen molar-refractivity contribution >= 4 is 53.5 Å². The first-order valence-electron chi connectivity index (χ1n) is 17.2. The summed E-state index contributed by atoms with van der Waals surface area (Å²) in [5, 5.41) is 5.28. The first-order valence-corrected chi connectivity index (χ1v) is 26.6. The average Bonchev–Trinajstić information content (AvgIpc) is 3.13. The van der Waals surface area contributed by atoms with Crippen LogP contribution in [-0.4, -0.2) is 32.8 Å². The van der Waals surface area contributed by atoms with E-state index in [0.29, 0.717) is 0 Å². The van der Waals surface area contributed by atoms with E-state index in [4.69, 9.17) is 4.12 Å². The van der Waals surface area contributed by atoms with Gasteiger partial charge in [-0.05, 0) is 20.7 Å². The van der Waals surface area contributed by atoms with E-state index in [0.717, 1.165) is 0 Å². The minimum atomic E-state index is -2.95. The van der Waals surface area contributed by atoms with Crippen molar-refractivity contribution < 1.29 is 4.12 Å². The molecule has 0 bridgehead atoms. The molecule has 1 nitrogen and oxygen atoms in total. The monoisotopic (exact) mass is 662 g/mol. The van der Waals surface area contributed by atoms with Gasteiger partial charge in [0.2, 0.25) is 0 Å². The minimum Gasteiger partial charge on any atom is -0.436 e. The molecule has 0 amide bonds. The fourth-order valence-electron chi connectivity index (χ4n) is 6.81. The van der Waals surface area contributed by atoms with Crippen LogP contribution in [0.3, 0.4) is 0 Å². The van der Waals surface area contributed by atoms with Crippen LogP contribution in [0.4, 0.5) is 0 Å². The molecule has 0 aliphatic carbocycles. The maximum Gasteiger partial charge on any atom is 0.270 e. The summed E-state index contributed by atoms with van der Waals surface area (Å²) in [5.74, 6) is 0. The standard InChI is InChI=1S/C40H54OSi4/c1-7-42(8-2,9-3)33-35-44(37-25-17-13-18-26-37,38-27-19-14-20-28-38)41-45(39-29-21-15-22-30-39,40-31-23-16-24-32-40)36-34-43(10-4,11-5)12-6/h13-36H,7-12H2,1-6H3/b35-33+,36-34+. The predicted molar refractivity (Wildman–Crippen MR) is 210 cm³/mol. The molecule has 0 unspecified atom stereocenters. The van der Waals surface area contributed by atoms with E-state index < -0.39 is 32.8 Å². The fourth-order valence-corrected chi connectivity index (χ4v) is 24.6. The van der Waals surface area contributed by atoms with E-state index in [9.17, 15) is 0 Å².